The maximum absolute atomic E-state index is 13.8. The van der Waals surface area contributed by atoms with E-state index in [4.69, 9.17) is 28.4 Å². The van der Waals surface area contributed by atoms with Gasteiger partial charge in [-0.2, -0.15) is 9.57 Å². The second-order valence-electron chi connectivity index (χ2n) is 12.0. The zero-order chi connectivity index (χ0) is 36.9. The Morgan fingerprint density at radius 2 is 1.25 bits per heavy atom. The minimum absolute atomic E-state index is 0.0507. The van der Waals surface area contributed by atoms with Crippen molar-refractivity contribution >= 4 is 22.1 Å². The molecule has 0 spiro atoms. The lowest BCUT2D eigenvalue weighted by Crippen LogP contribution is -2.62. The monoisotopic (exact) mass is 728 g/mol. The molecule has 1 aliphatic rings. The van der Waals surface area contributed by atoms with Gasteiger partial charge in [0.1, 0.15) is 24.9 Å². The van der Waals surface area contributed by atoms with E-state index in [1.54, 1.807) is 25.1 Å². The van der Waals surface area contributed by atoms with Gasteiger partial charge in [0, 0.05) is 6.92 Å². The Morgan fingerprint density at radius 1 is 0.731 bits per heavy atom. The minimum Gasteiger partial charge on any atom is -0.453 e. The van der Waals surface area contributed by atoms with Crippen LogP contribution in [0.3, 0.4) is 0 Å². The molecule has 0 bridgehead atoms. The molecule has 1 amide bonds. The van der Waals surface area contributed by atoms with Crippen molar-refractivity contribution in [3.05, 3.63) is 138 Å². The maximum atomic E-state index is 13.8. The third kappa shape index (κ3) is 10.2. The van der Waals surface area contributed by atoms with Crippen LogP contribution < -0.4 is 0 Å². The molecule has 272 valence electrons. The highest BCUT2D eigenvalue weighted by molar-refractivity contribution is 7.89. The molecule has 13 heteroatoms. The molecule has 1 fully saturated rings. The molecule has 0 N–H and O–H groups in total. The molecule has 4 aromatic carbocycles. The fourth-order valence-electron chi connectivity index (χ4n) is 5.52. The Morgan fingerprint density at radius 3 is 1.77 bits per heavy atom. The molecule has 12 nitrogen and oxygen atoms in total. The normalized spacial score (nSPS) is 20.0. The first-order valence-electron chi connectivity index (χ1n) is 16.6. The van der Waals surface area contributed by atoms with E-state index in [-0.39, 0.29) is 31.3 Å². The number of benzene rings is 4. The van der Waals surface area contributed by atoms with Gasteiger partial charge in [0.2, 0.25) is 6.29 Å². The van der Waals surface area contributed by atoms with Crippen molar-refractivity contribution in [1.29, 1.82) is 5.26 Å². The molecule has 52 heavy (non-hydrogen) atoms. The van der Waals surface area contributed by atoms with E-state index in [0.717, 1.165) is 22.3 Å². The quantitative estimate of drug-likeness (QED) is 0.110. The SMILES string of the molecule is CC(=O)O[C@H]1[C@H](OC(=O)N(CC#N)S(=O)(=O)c2ccc(C)cc2)O[C@H](COCc2ccccc2)[C@H](OCc2ccccc2)[C@@H]1OCc1ccccc1. The van der Waals surface area contributed by atoms with Crippen molar-refractivity contribution in [3.8, 4) is 6.07 Å². The van der Waals surface area contributed by atoms with Gasteiger partial charge in [0.25, 0.3) is 10.0 Å². The van der Waals surface area contributed by atoms with E-state index < -0.39 is 59.3 Å². The van der Waals surface area contributed by atoms with Gasteiger partial charge in [-0.3, -0.25) is 4.79 Å². The second kappa shape index (κ2) is 18.4. The van der Waals surface area contributed by atoms with Gasteiger partial charge in [0.15, 0.2) is 6.10 Å². The highest BCUT2D eigenvalue weighted by Crippen LogP contribution is 2.32. The molecule has 1 heterocycles. The van der Waals surface area contributed by atoms with Gasteiger partial charge >= 0.3 is 12.1 Å². The molecule has 0 aromatic heterocycles. The number of aryl methyl sites for hydroxylation is 1. The van der Waals surface area contributed by atoms with Crippen LogP contribution in [0, 0.1) is 18.3 Å². The van der Waals surface area contributed by atoms with Crippen molar-refractivity contribution in [2.75, 3.05) is 13.2 Å². The molecule has 1 saturated heterocycles. The first kappa shape index (κ1) is 38.1. The van der Waals surface area contributed by atoms with E-state index >= 15 is 0 Å². The number of sulfonamides is 1. The number of rotatable bonds is 15. The van der Waals surface area contributed by atoms with Crippen LogP contribution in [0.2, 0.25) is 0 Å². The van der Waals surface area contributed by atoms with Gasteiger partial charge in [-0.15, -0.1) is 0 Å². The number of hydrogen-bond acceptors (Lipinski definition) is 11. The zero-order valence-corrected chi connectivity index (χ0v) is 29.6. The van der Waals surface area contributed by atoms with Crippen molar-refractivity contribution in [2.45, 2.75) is 69.3 Å². The number of carbonyl (C=O) groups is 2. The molecule has 0 aliphatic carbocycles. The van der Waals surface area contributed by atoms with Crippen molar-refractivity contribution in [2.24, 2.45) is 0 Å². The summed E-state index contributed by atoms with van der Waals surface area (Å²) in [6.45, 7) is 2.40. The zero-order valence-electron chi connectivity index (χ0n) is 28.8. The van der Waals surface area contributed by atoms with Gasteiger partial charge in [-0.05, 0) is 35.7 Å². The van der Waals surface area contributed by atoms with Gasteiger partial charge in [-0.25, -0.2) is 13.2 Å². The smallest absolute Gasteiger partial charge is 0.427 e. The predicted molar refractivity (Wildman–Crippen MR) is 188 cm³/mol. The van der Waals surface area contributed by atoms with E-state index in [0.29, 0.717) is 4.31 Å². The predicted octanol–water partition coefficient (Wildman–Crippen LogP) is 5.69. The molecule has 0 saturated carbocycles. The molecule has 0 unspecified atom stereocenters. The summed E-state index contributed by atoms with van der Waals surface area (Å²) < 4.78 is 64.2. The number of nitriles is 1. The highest BCUT2D eigenvalue weighted by Gasteiger charge is 2.52. The topological polar surface area (TPSA) is 151 Å². The number of hydrogen-bond donors (Lipinski definition) is 0. The van der Waals surface area contributed by atoms with Gasteiger partial charge < -0.3 is 28.4 Å². The van der Waals surface area contributed by atoms with Crippen molar-refractivity contribution < 1.29 is 46.4 Å². The maximum Gasteiger partial charge on any atom is 0.427 e. The number of esters is 1. The minimum atomic E-state index is -4.55. The summed E-state index contributed by atoms with van der Waals surface area (Å²) in [6, 6.07) is 35.6. The number of ether oxygens (including phenoxy) is 6. The second-order valence-corrected chi connectivity index (χ2v) is 13.9. The van der Waals surface area contributed by atoms with Crippen LogP contribution in [-0.4, -0.2) is 68.6 Å². The van der Waals surface area contributed by atoms with E-state index in [1.165, 1.54) is 19.1 Å². The first-order valence-corrected chi connectivity index (χ1v) is 18.0. The fraction of sp³-hybridized carbons (Fsp3) is 0.308. The first-order chi connectivity index (χ1) is 25.2. The lowest BCUT2D eigenvalue weighted by Gasteiger charge is -2.45. The van der Waals surface area contributed by atoms with Crippen LogP contribution in [0.15, 0.2) is 120 Å². The Bertz CT molecular complexity index is 1890. The Balaban J connectivity index is 1.49. The number of carbonyl (C=O) groups excluding carboxylic acids is 2. The van der Waals surface area contributed by atoms with Crippen molar-refractivity contribution in [1.82, 2.24) is 4.31 Å². The lowest BCUT2D eigenvalue weighted by molar-refractivity contribution is -0.308. The number of amides is 1. The largest absolute Gasteiger partial charge is 0.453 e. The Hall–Kier alpha value is -5.10. The van der Waals surface area contributed by atoms with Crippen LogP contribution >= 0.6 is 0 Å². The standard InChI is InChI=1S/C39H40N2O10S/c1-28-18-20-33(21-19-28)52(44,45)41(23-22-40)39(43)51-38-37(49-29(2)42)36(48-26-32-16-10-5-11-17-32)35(47-25-31-14-8-4-9-15-31)34(50-38)27-46-24-30-12-6-3-7-13-30/h3-21,34-38H,23-27H2,1-2H3/t34-,35+,36+,37-,38+/m1/s1. The van der Waals surface area contributed by atoms with E-state index in [1.807, 2.05) is 91.0 Å². The van der Waals surface area contributed by atoms with Crippen molar-refractivity contribution in [3.63, 3.8) is 0 Å². The molecular formula is C39H40N2O10S. The van der Waals surface area contributed by atoms with Gasteiger partial charge in [-0.1, -0.05) is 109 Å². The fourth-order valence-corrected chi connectivity index (χ4v) is 6.73. The van der Waals surface area contributed by atoms with E-state index in [9.17, 15) is 23.3 Å². The summed E-state index contributed by atoms with van der Waals surface area (Å²) in [7, 11) is -4.55. The summed E-state index contributed by atoms with van der Waals surface area (Å²) in [5.41, 5.74) is 3.33. The summed E-state index contributed by atoms with van der Waals surface area (Å²) in [6.07, 6.45) is -7.57. The molecular weight excluding hydrogens is 688 g/mol. The average molecular weight is 729 g/mol. The summed E-state index contributed by atoms with van der Waals surface area (Å²) >= 11 is 0. The van der Waals surface area contributed by atoms with Crippen LogP contribution in [0.1, 0.15) is 29.2 Å². The lowest BCUT2D eigenvalue weighted by atomic mass is 9.98. The Labute approximate surface area is 303 Å². The molecule has 5 rings (SSSR count). The van der Waals surface area contributed by atoms with Crippen LogP contribution in [0.5, 0.6) is 0 Å². The van der Waals surface area contributed by atoms with E-state index in [2.05, 4.69) is 0 Å². The van der Waals surface area contributed by atoms with Crippen LogP contribution in [0.25, 0.3) is 0 Å². The molecule has 1 aliphatic heterocycles. The Kier molecular flexibility index (Phi) is 13.5. The molecule has 0 radical (unpaired) electrons. The summed E-state index contributed by atoms with van der Waals surface area (Å²) in [4.78, 5) is 26.1. The highest BCUT2D eigenvalue weighted by atomic mass is 32.2. The van der Waals surface area contributed by atoms with Crippen LogP contribution in [-0.2, 0) is 63.1 Å². The molecule has 4 aromatic rings. The third-order valence-corrected chi connectivity index (χ3v) is 9.83. The summed E-state index contributed by atoms with van der Waals surface area (Å²) in [5, 5.41) is 9.54. The number of nitrogens with zero attached hydrogens (tertiary/aromatic N) is 2. The van der Waals surface area contributed by atoms with Crippen LogP contribution in [0.4, 0.5) is 4.79 Å². The summed E-state index contributed by atoms with van der Waals surface area (Å²) in [5.74, 6) is -0.746. The molecule has 5 atom stereocenters. The average Bonchev–Trinajstić information content (AvgIpc) is 3.14. The third-order valence-electron chi connectivity index (χ3n) is 8.10. The van der Waals surface area contributed by atoms with Gasteiger partial charge in [0.05, 0.1) is 37.4 Å².